The molecule has 3 N–H and O–H groups in total. The Balaban J connectivity index is 1.23. The van der Waals surface area contributed by atoms with Crippen LogP contribution in [0.25, 0.3) is 0 Å². The van der Waals surface area contributed by atoms with Crippen molar-refractivity contribution in [1.29, 1.82) is 0 Å². The van der Waals surface area contributed by atoms with E-state index in [2.05, 4.69) is 16.7 Å². The van der Waals surface area contributed by atoms with Crippen LogP contribution < -0.4 is 10.6 Å². The molecule has 3 fully saturated rings. The summed E-state index contributed by atoms with van der Waals surface area (Å²) in [6.45, 7) is 6.09. The molecule has 1 spiro atoms. The van der Waals surface area contributed by atoms with Gasteiger partial charge < -0.3 is 35.0 Å². The molecule has 12 heteroatoms. The molecule has 0 unspecified atom stereocenters. The molecule has 5 atom stereocenters. The number of hydrogen-bond donors (Lipinski definition) is 3. The Morgan fingerprint density at radius 2 is 1.83 bits per heavy atom. The molecule has 2 saturated carbocycles. The number of benzene rings is 1. The molecular formula is C36H48N4O8. The fourth-order valence-corrected chi connectivity index (χ4v) is 7.86. The van der Waals surface area contributed by atoms with E-state index in [1.165, 1.54) is 10.5 Å². The van der Waals surface area contributed by atoms with Gasteiger partial charge in [0.2, 0.25) is 11.8 Å². The molecule has 1 aromatic carbocycles. The Morgan fingerprint density at radius 1 is 1.06 bits per heavy atom. The van der Waals surface area contributed by atoms with Crippen molar-refractivity contribution in [3.63, 3.8) is 0 Å². The van der Waals surface area contributed by atoms with E-state index < -0.39 is 59.3 Å². The van der Waals surface area contributed by atoms with Crippen LogP contribution >= 0.6 is 0 Å². The van der Waals surface area contributed by atoms with Gasteiger partial charge in [-0.15, -0.1) is 0 Å². The Kier molecular flexibility index (Phi) is 9.21. The van der Waals surface area contributed by atoms with Crippen LogP contribution in [0.5, 0.6) is 0 Å². The van der Waals surface area contributed by atoms with Crippen LogP contribution in [0.1, 0.15) is 96.1 Å². The van der Waals surface area contributed by atoms with E-state index in [9.17, 15) is 29.1 Å². The van der Waals surface area contributed by atoms with Crippen molar-refractivity contribution in [3.8, 4) is 0 Å². The number of allylic oxidation sites excluding steroid dienone is 1. The molecular weight excluding hydrogens is 616 g/mol. The predicted molar refractivity (Wildman–Crippen MR) is 175 cm³/mol. The lowest BCUT2D eigenvalue weighted by Crippen LogP contribution is -2.56. The zero-order valence-electron chi connectivity index (χ0n) is 28.2. The molecule has 0 aromatic heterocycles. The second kappa shape index (κ2) is 13.1. The highest BCUT2D eigenvalue weighted by Gasteiger charge is 2.61. The van der Waals surface area contributed by atoms with Gasteiger partial charge in [-0.2, -0.15) is 0 Å². The van der Waals surface area contributed by atoms with E-state index in [1.54, 1.807) is 25.7 Å². The number of carbonyl (C=O) groups is 5. The Hall–Kier alpha value is -4.09. The molecule has 12 nitrogen and oxygen atoms in total. The summed E-state index contributed by atoms with van der Waals surface area (Å²) in [5.41, 5.74) is 0.0602. The number of carboxylic acids is 1. The highest BCUT2D eigenvalue weighted by molar-refractivity contribution is 5.96. The van der Waals surface area contributed by atoms with Gasteiger partial charge in [-0.3, -0.25) is 9.59 Å². The fraction of sp³-hybridized carbons (Fsp3) is 0.639. The van der Waals surface area contributed by atoms with E-state index in [-0.39, 0.29) is 30.7 Å². The first kappa shape index (κ1) is 33.8. The molecule has 6 rings (SSSR count). The Labute approximate surface area is 281 Å². The number of nitrogens with zero attached hydrogens (tertiary/aromatic N) is 2. The molecule has 5 aliphatic rings. The number of alkyl carbamates (subject to hydrolysis) is 1. The first-order valence-corrected chi connectivity index (χ1v) is 17.4. The number of aliphatic carboxylic acids is 1. The largest absolute Gasteiger partial charge is 0.479 e. The van der Waals surface area contributed by atoms with Gasteiger partial charge in [0.05, 0.1) is 6.54 Å². The van der Waals surface area contributed by atoms with Crippen molar-refractivity contribution >= 4 is 30.0 Å². The second-order valence-electron chi connectivity index (χ2n) is 15.2. The van der Waals surface area contributed by atoms with Gasteiger partial charge in [0, 0.05) is 30.8 Å². The van der Waals surface area contributed by atoms with Crippen LogP contribution in [0.3, 0.4) is 0 Å². The molecule has 48 heavy (non-hydrogen) atoms. The van der Waals surface area contributed by atoms with Gasteiger partial charge >= 0.3 is 18.2 Å². The summed E-state index contributed by atoms with van der Waals surface area (Å²) in [4.78, 5) is 70.1. The van der Waals surface area contributed by atoms with Gasteiger partial charge in [-0.25, -0.2) is 14.4 Å². The number of rotatable bonds is 3. The molecule has 4 amide bonds. The predicted octanol–water partition coefficient (Wildman–Crippen LogP) is 4.40. The van der Waals surface area contributed by atoms with Crippen molar-refractivity contribution in [3.05, 3.63) is 47.5 Å². The van der Waals surface area contributed by atoms with Crippen molar-refractivity contribution in [2.24, 2.45) is 5.92 Å². The maximum atomic E-state index is 14.2. The fourth-order valence-electron chi connectivity index (χ4n) is 7.86. The van der Waals surface area contributed by atoms with Crippen LogP contribution in [0, 0.1) is 5.92 Å². The third kappa shape index (κ3) is 6.89. The minimum atomic E-state index is -1.45. The number of carbonyl (C=O) groups excluding carboxylic acids is 4. The van der Waals surface area contributed by atoms with Crippen LogP contribution in [-0.2, 0) is 35.8 Å². The molecule has 2 aliphatic carbocycles. The summed E-state index contributed by atoms with van der Waals surface area (Å²) in [7, 11) is 0. The van der Waals surface area contributed by atoms with E-state index in [4.69, 9.17) is 9.47 Å². The molecule has 3 aliphatic heterocycles. The number of nitrogens with one attached hydrogen (secondary N) is 2. The summed E-state index contributed by atoms with van der Waals surface area (Å²) in [5.74, 6) is -2.60. The summed E-state index contributed by atoms with van der Waals surface area (Å²) in [5, 5.41) is 15.6. The van der Waals surface area contributed by atoms with Gasteiger partial charge in [0.15, 0.2) is 0 Å². The van der Waals surface area contributed by atoms with Crippen LogP contribution in [-0.4, -0.2) is 87.3 Å². The highest BCUT2D eigenvalue weighted by Crippen LogP contribution is 2.48. The number of carboxylic acid groups (broad SMARTS) is 1. The smallest absolute Gasteiger partial charge is 0.410 e. The zero-order chi connectivity index (χ0) is 34.3. The zero-order valence-corrected chi connectivity index (χ0v) is 28.2. The van der Waals surface area contributed by atoms with E-state index in [1.807, 2.05) is 30.4 Å². The highest BCUT2D eigenvalue weighted by atomic mass is 16.6. The number of ether oxygens (including phenoxy) is 2. The molecule has 260 valence electrons. The Morgan fingerprint density at radius 3 is 2.54 bits per heavy atom. The maximum Gasteiger partial charge on any atom is 0.410 e. The van der Waals surface area contributed by atoms with Gasteiger partial charge in [0.25, 0.3) is 0 Å². The molecule has 3 heterocycles. The minimum absolute atomic E-state index is 0.00818. The first-order valence-electron chi connectivity index (χ1n) is 17.4. The normalized spacial score (nSPS) is 30.6. The topological polar surface area (TPSA) is 155 Å². The lowest BCUT2D eigenvalue weighted by Gasteiger charge is -2.49. The summed E-state index contributed by atoms with van der Waals surface area (Å²) in [6.07, 6.45) is 8.44. The van der Waals surface area contributed by atoms with Gasteiger partial charge in [0.1, 0.15) is 29.3 Å². The molecule has 0 radical (unpaired) electrons. The third-order valence-corrected chi connectivity index (χ3v) is 10.6. The monoisotopic (exact) mass is 664 g/mol. The first-order chi connectivity index (χ1) is 22.8. The number of hydrogen-bond acceptors (Lipinski definition) is 7. The van der Waals surface area contributed by atoms with Crippen molar-refractivity contribution in [2.45, 2.75) is 126 Å². The van der Waals surface area contributed by atoms with Crippen LogP contribution in [0.15, 0.2) is 36.4 Å². The lowest BCUT2D eigenvalue weighted by atomic mass is 9.61. The van der Waals surface area contributed by atoms with Gasteiger partial charge in [-0.1, -0.05) is 55.7 Å². The quantitative estimate of drug-likeness (QED) is 0.402. The van der Waals surface area contributed by atoms with Crippen LogP contribution in [0.4, 0.5) is 9.59 Å². The average Bonchev–Trinajstić information content (AvgIpc) is 3.54. The van der Waals surface area contributed by atoms with Crippen molar-refractivity contribution < 1.29 is 38.6 Å². The van der Waals surface area contributed by atoms with E-state index in [0.29, 0.717) is 25.9 Å². The van der Waals surface area contributed by atoms with E-state index >= 15 is 0 Å². The number of fused-ring (bicyclic) bond motifs is 4. The van der Waals surface area contributed by atoms with E-state index in [0.717, 1.165) is 44.1 Å². The third-order valence-electron chi connectivity index (χ3n) is 10.6. The van der Waals surface area contributed by atoms with Gasteiger partial charge in [-0.05, 0) is 70.4 Å². The van der Waals surface area contributed by atoms with Crippen molar-refractivity contribution in [2.75, 3.05) is 13.1 Å². The molecule has 0 bridgehead atoms. The standard InChI is InChI=1S/C36H48N4O8/c1-34(2,3)48-32(45)37-27-15-8-6-4-5-7-13-24-19-36(24,31(43)44)38-29(41)28-18-25(21-40(28)30(27)42)47-33(46)39-20-23-12-9-10-14-26(23)35(22-39)16-11-17-35/h7,9-10,12-14,24-25,27-28H,4-6,8,11,15-22H2,1-3H3,(H,37,45)(H,38,41)(H,43,44)/b13-7-/t24-,25-,27+,28+,36-/m1/s1. The Bertz CT molecular complexity index is 1480. The summed E-state index contributed by atoms with van der Waals surface area (Å²) >= 11 is 0. The molecule has 1 aromatic rings. The van der Waals surface area contributed by atoms with Crippen LogP contribution in [0.2, 0.25) is 0 Å². The second-order valence-corrected chi connectivity index (χ2v) is 15.2. The number of amides is 4. The lowest BCUT2D eigenvalue weighted by molar-refractivity contribution is -0.145. The summed E-state index contributed by atoms with van der Waals surface area (Å²) in [6, 6.07) is 6.12. The average molecular weight is 665 g/mol. The van der Waals surface area contributed by atoms with Crippen molar-refractivity contribution in [1.82, 2.24) is 20.4 Å². The molecule has 1 saturated heterocycles. The summed E-state index contributed by atoms with van der Waals surface area (Å²) < 4.78 is 11.5. The SMILES string of the molecule is CC(C)(C)OC(=O)N[C@H]1CCCCC/C=C\[C@@H]2C[C@@]2(C(=O)O)NC(=O)[C@@H]2C[C@@H](OC(=O)N3Cc4ccccc4C4(CCC4)C3)CN2C1=O. The maximum absolute atomic E-state index is 14.2. The minimum Gasteiger partial charge on any atom is -0.479 e.